The van der Waals surface area contributed by atoms with Crippen molar-refractivity contribution in [3.8, 4) is 0 Å². The van der Waals surface area contributed by atoms with Crippen molar-refractivity contribution in [3.63, 3.8) is 0 Å². The lowest BCUT2D eigenvalue weighted by atomic mass is 10.0. The van der Waals surface area contributed by atoms with E-state index in [1.54, 1.807) is 12.1 Å². The summed E-state index contributed by atoms with van der Waals surface area (Å²) in [5.74, 6) is -0.258. The SMILES string of the molecule is CCOC[C@H](O)CN(Cc1ccc(F)cc1)C[C@@H]1CC(c2ccccc2)=NO1. The molecule has 3 rings (SSSR count). The van der Waals surface area contributed by atoms with Gasteiger partial charge < -0.3 is 14.7 Å². The molecule has 0 saturated heterocycles. The molecular weight excluding hydrogens is 359 g/mol. The van der Waals surface area contributed by atoms with Gasteiger partial charge in [-0.05, 0) is 30.2 Å². The summed E-state index contributed by atoms with van der Waals surface area (Å²) in [5, 5.41) is 14.5. The van der Waals surface area contributed by atoms with Gasteiger partial charge in [-0.3, -0.25) is 4.90 Å². The number of hydrogen-bond acceptors (Lipinski definition) is 5. The smallest absolute Gasteiger partial charge is 0.145 e. The lowest BCUT2D eigenvalue weighted by Crippen LogP contribution is -2.39. The Labute approximate surface area is 165 Å². The normalized spacial score (nSPS) is 17.4. The molecule has 1 heterocycles. The van der Waals surface area contributed by atoms with E-state index in [1.807, 2.05) is 37.3 Å². The molecule has 0 aromatic heterocycles. The van der Waals surface area contributed by atoms with Crippen molar-refractivity contribution in [2.45, 2.75) is 32.1 Å². The van der Waals surface area contributed by atoms with Gasteiger partial charge in [-0.15, -0.1) is 0 Å². The first-order valence-electron chi connectivity index (χ1n) is 9.64. The molecule has 150 valence electrons. The Morgan fingerprint density at radius 2 is 1.96 bits per heavy atom. The van der Waals surface area contributed by atoms with E-state index in [0.717, 1.165) is 16.8 Å². The molecule has 28 heavy (non-hydrogen) atoms. The molecule has 5 nitrogen and oxygen atoms in total. The van der Waals surface area contributed by atoms with Crippen LogP contribution in [0.15, 0.2) is 59.8 Å². The highest BCUT2D eigenvalue weighted by Crippen LogP contribution is 2.19. The van der Waals surface area contributed by atoms with Gasteiger partial charge in [0.2, 0.25) is 0 Å². The maximum absolute atomic E-state index is 13.2. The summed E-state index contributed by atoms with van der Waals surface area (Å²) >= 11 is 0. The number of rotatable bonds is 10. The minimum absolute atomic E-state index is 0.0880. The second-order valence-corrected chi connectivity index (χ2v) is 6.97. The van der Waals surface area contributed by atoms with Gasteiger partial charge in [0.1, 0.15) is 11.9 Å². The summed E-state index contributed by atoms with van der Waals surface area (Å²) in [5.41, 5.74) is 2.97. The minimum atomic E-state index is -0.601. The van der Waals surface area contributed by atoms with Crippen LogP contribution in [0.1, 0.15) is 24.5 Å². The van der Waals surface area contributed by atoms with Gasteiger partial charge in [-0.2, -0.15) is 0 Å². The summed E-state index contributed by atoms with van der Waals surface area (Å²) in [4.78, 5) is 7.75. The maximum atomic E-state index is 13.2. The Bertz CT molecular complexity index is 752. The van der Waals surface area contributed by atoms with Gasteiger partial charge in [0.25, 0.3) is 0 Å². The van der Waals surface area contributed by atoms with Crippen LogP contribution in [0.5, 0.6) is 0 Å². The first-order valence-corrected chi connectivity index (χ1v) is 9.64. The number of ether oxygens (including phenoxy) is 1. The van der Waals surface area contributed by atoms with Crippen molar-refractivity contribution in [1.29, 1.82) is 0 Å². The van der Waals surface area contributed by atoms with Crippen molar-refractivity contribution >= 4 is 5.71 Å². The number of aliphatic hydroxyl groups is 1. The van der Waals surface area contributed by atoms with E-state index in [1.165, 1.54) is 12.1 Å². The number of benzene rings is 2. The van der Waals surface area contributed by atoms with Crippen LogP contribution in [0.2, 0.25) is 0 Å². The summed E-state index contributed by atoms with van der Waals surface area (Å²) < 4.78 is 18.5. The monoisotopic (exact) mass is 386 g/mol. The number of hydrogen-bond donors (Lipinski definition) is 1. The predicted octanol–water partition coefficient (Wildman–Crippen LogP) is 3.22. The average Bonchev–Trinajstić information content (AvgIpc) is 3.17. The molecule has 0 radical (unpaired) electrons. The van der Waals surface area contributed by atoms with Gasteiger partial charge in [-0.1, -0.05) is 47.6 Å². The molecule has 1 aliphatic rings. The largest absolute Gasteiger partial charge is 0.390 e. The minimum Gasteiger partial charge on any atom is -0.390 e. The Morgan fingerprint density at radius 1 is 1.21 bits per heavy atom. The molecule has 2 atom stereocenters. The molecule has 0 bridgehead atoms. The number of aliphatic hydroxyl groups excluding tert-OH is 1. The molecule has 0 unspecified atom stereocenters. The highest BCUT2D eigenvalue weighted by atomic mass is 19.1. The first-order chi connectivity index (χ1) is 13.6. The molecule has 1 aliphatic heterocycles. The molecular formula is C22H27FN2O3. The Kier molecular flexibility index (Phi) is 7.54. The number of nitrogens with zero attached hydrogens (tertiary/aromatic N) is 2. The van der Waals surface area contributed by atoms with Gasteiger partial charge in [0.15, 0.2) is 0 Å². The van der Waals surface area contributed by atoms with Crippen LogP contribution in [0.25, 0.3) is 0 Å². The second kappa shape index (κ2) is 10.3. The molecule has 0 amide bonds. The van der Waals surface area contributed by atoms with Crippen LogP contribution in [0.4, 0.5) is 4.39 Å². The third-order valence-electron chi connectivity index (χ3n) is 4.60. The van der Waals surface area contributed by atoms with Gasteiger partial charge >= 0.3 is 0 Å². The zero-order valence-corrected chi connectivity index (χ0v) is 16.1. The van der Waals surface area contributed by atoms with E-state index in [0.29, 0.717) is 32.7 Å². The summed E-state index contributed by atoms with van der Waals surface area (Å²) in [6.45, 7) is 4.39. The quantitative estimate of drug-likeness (QED) is 0.681. The van der Waals surface area contributed by atoms with E-state index < -0.39 is 6.10 Å². The van der Waals surface area contributed by atoms with Crippen molar-refractivity contribution < 1.29 is 19.1 Å². The third-order valence-corrected chi connectivity index (χ3v) is 4.60. The van der Waals surface area contributed by atoms with Crippen LogP contribution >= 0.6 is 0 Å². The fraction of sp³-hybridized carbons (Fsp3) is 0.409. The number of oxime groups is 1. The van der Waals surface area contributed by atoms with E-state index in [2.05, 4.69) is 10.1 Å². The van der Waals surface area contributed by atoms with Gasteiger partial charge in [-0.25, -0.2) is 4.39 Å². The lowest BCUT2D eigenvalue weighted by Gasteiger charge is -2.27. The van der Waals surface area contributed by atoms with Crippen LogP contribution in [-0.2, 0) is 16.1 Å². The van der Waals surface area contributed by atoms with E-state index >= 15 is 0 Å². The van der Waals surface area contributed by atoms with Crippen LogP contribution in [-0.4, -0.2) is 54.2 Å². The fourth-order valence-electron chi connectivity index (χ4n) is 3.27. The van der Waals surface area contributed by atoms with E-state index in [4.69, 9.17) is 9.57 Å². The van der Waals surface area contributed by atoms with Crippen LogP contribution < -0.4 is 0 Å². The summed E-state index contributed by atoms with van der Waals surface area (Å²) in [7, 11) is 0. The predicted molar refractivity (Wildman–Crippen MR) is 107 cm³/mol. The highest BCUT2D eigenvalue weighted by molar-refractivity contribution is 6.01. The van der Waals surface area contributed by atoms with Crippen molar-refractivity contribution in [2.75, 3.05) is 26.3 Å². The molecule has 0 saturated carbocycles. The zero-order chi connectivity index (χ0) is 19.8. The number of halogens is 1. The molecule has 1 N–H and O–H groups in total. The van der Waals surface area contributed by atoms with E-state index in [9.17, 15) is 9.50 Å². The Morgan fingerprint density at radius 3 is 2.68 bits per heavy atom. The first kappa shape index (κ1) is 20.5. The van der Waals surface area contributed by atoms with Crippen LogP contribution in [0.3, 0.4) is 0 Å². The second-order valence-electron chi connectivity index (χ2n) is 6.97. The Balaban J connectivity index is 1.61. The van der Waals surface area contributed by atoms with Gasteiger partial charge in [0.05, 0.1) is 18.4 Å². The topological polar surface area (TPSA) is 54.3 Å². The molecule has 2 aromatic carbocycles. The zero-order valence-electron chi connectivity index (χ0n) is 16.1. The van der Waals surface area contributed by atoms with Crippen molar-refractivity contribution in [1.82, 2.24) is 4.90 Å². The molecule has 0 spiro atoms. The molecule has 0 fully saturated rings. The summed E-state index contributed by atoms with van der Waals surface area (Å²) in [6, 6.07) is 16.4. The standard InChI is InChI=1S/C22H27FN2O3/c1-2-27-16-20(26)14-25(13-17-8-10-19(23)11-9-17)15-21-12-22(24-28-21)18-6-4-3-5-7-18/h3-11,20-21,26H,2,12-16H2,1H3/t20-,21+/m1/s1. The third kappa shape index (κ3) is 6.12. The van der Waals surface area contributed by atoms with Crippen molar-refractivity contribution in [2.24, 2.45) is 5.16 Å². The highest BCUT2D eigenvalue weighted by Gasteiger charge is 2.25. The lowest BCUT2D eigenvalue weighted by molar-refractivity contribution is 0.000489. The Hall–Kier alpha value is -2.28. The fourth-order valence-corrected chi connectivity index (χ4v) is 3.27. The van der Waals surface area contributed by atoms with Crippen molar-refractivity contribution in [3.05, 3.63) is 71.5 Å². The van der Waals surface area contributed by atoms with E-state index in [-0.39, 0.29) is 18.5 Å². The molecule has 0 aliphatic carbocycles. The summed E-state index contributed by atoms with van der Waals surface area (Å²) in [6.07, 6.45) is 0.0251. The maximum Gasteiger partial charge on any atom is 0.145 e. The van der Waals surface area contributed by atoms with Crippen LogP contribution in [0, 0.1) is 5.82 Å². The average molecular weight is 386 g/mol. The van der Waals surface area contributed by atoms with Gasteiger partial charge in [0, 0.05) is 32.7 Å². The molecule has 2 aromatic rings. The molecule has 6 heteroatoms.